The van der Waals surface area contributed by atoms with Crippen molar-refractivity contribution in [3.8, 4) is 0 Å². The summed E-state index contributed by atoms with van der Waals surface area (Å²) in [6.07, 6.45) is 8.40. The predicted octanol–water partition coefficient (Wildman–Crippen LogP) is 3.48. The van der Waals surface area contributed by atoms with Gasteiger partial charge < -0.3 is 25.5 Å². The van der Waals surface area contributed by atoms with Crippen molar-refractivity contribution in [1.82, 2.24) is 25.3 Å². The highest BCUT2D eigenvalue weighted by molar-refractivity contribution is 5.97. The van der Waals surface area contributed by atoms with Gasteiger partial charge in [-0.1, -0.05) is 47.1 Å². The minimum Gasteiger partial charge on any atom is -0.396 e. The molecule has 2 aliphatic rings. The minimum atomic E-state index is -0.731. The van der Waals surface area contributed by atoms with Crippen LogP contribution in [0.15, 0.2) is 11.6 Å². The normalized spacial score (nSPS) is 21.4. The molecule has 2 saturated heterocycles. The van der Waals surface area contributed by atoms with Gasteiger partial charge in [-0.05, 0) is 83.6 Å². The van der Waals surface area contributed by atoms with Crippen LogP contribution >= 0.6 is 0 Å². The van der Waals surface area contributed by atoms with Gasteiger partial charge in [0.05, 0.1) is 12.1 Å². The molecule has 3 N–H and O–H groups in total. The highest BCUT2D eigenvalue weighted by Gasteiger charge is 2.40. The first-order valence-corrected chi connectivity index (χ1v) is 16.8. The second kappa shape index (κ2) is 17.3. The summed E-state index contributed by atoms with van der Waals surface area (Å²) in [7, 11) is 1.75. The smallest absolute Gasteiger partial charge is 0.249 e. The molecule has 2 aliphatic heterocycles. The van der Waals surface area contributed by atoms with Gasteiger partial charge in [0, 0.05) is 38.4 Å². The van der Waals surface area contributed by atoms with Gasteiger partial charge in [0.25, 0.3) is 0 Å². The van der Waals surface area contributed by atoms with Crippen LogP contribution in [0.4, 0.5) is 0 Å². The summed E-state index contributed by atoms with van der Waals surface area (Å²) >= 11 is 0. The monoisotopic (exact) mass is 619 g/mol. The molecule has 0 aliphatic carbocycles. The van der Waals surface area contributed by atoms with Gasteiger partial charge in [0.1, 0.15) is 12.1 Å². The molecule has 0 saturated carbocycles. The number of rotatable bonds is 14. The van der Waals surface area contributed by atoms with E-state index in [0.717, 1.165) is 45.1 Å². The van der Waals surface area contributed by atoms with Gasteiger partial charge >= 0.3 is 0 Å². The number of aliphatic hydroxyl groups is 1. The Morgan fingerprint density at radius 1 is 0.932 bits per heavy atom. The number of nitrogens with zero attached hydrogens (tertiary/aromatic N) is 3. The van der Waals surface area contributed by atoms with E-state index >= 15 is 0 Å². The lowest BCUT2D eigenvalue weighted by molar-refractivity contribution is -0.142. The number of hydrogen-bond acceptors (Lipinski definition) is 6. The van der Waals surface area contributed by atoms with Crippen molar-refractivity contribution in [2.45, 2.75) is 137 Å². The van der Waals surface area contributed by atoms with Crippen LogP contribution in [-0.2, 0) is 19.2 Å². The summed E-state index contributed by atoms with van der Waals surface area (Å²) < 4.78 is 0. The quantitative estimate of drug-likeness (QED) is 0.202. The Kier molecular flexibility index (Phi) is 14.8. The lowest BCUT2D eigenvalue weighted by Crippen LogP contribution is -2.60. The van der Waals surface area contributed by atoms with Crippen molar-refractivity contribution in [1.29, 1.82) is 0 Å². The van der Waals surface area contributed by atoms with Gasteiger partial charge in [-0.15, -0.1) is 0 Å². The van der Waals surface area contributed by atoms with E-state index in [-0.39, 0.29) is 54.3 Å². The molecule has 10 nitrogen and oxygen atoms in total. The lowest BCUT2D eigenvalue weighted by Gasteiger charge is -2.41. The number of nitrogens with one attached hydrogen (secondary N) is 2. The maximum Gasteiger partial charge on any atom is 0.249 e. The first kappa shape index (κ1) is 37.7. The van der Waals surface area contributed by atoms with Crippen LogP contribution < -0.4 is 10.6 Å². The van der Waals surface area contributed by atoms with Gasteiger partial charge in [0.2, 0.25) is 23.6 Å². The molecule has 0 radical (unpaired) electrons. The molecule has 2 heterocycles. The van der Waals surface area contributed by atoms with Gasteiger partial charge in [-0.3, -0.25) is 24.1 Å². The maximum absolute atomic E-state index is 14.1. The number of hydrogen-bond donors (Lipinski definition) is 3. The second-order valence-corrected chi connectivity index (χ2v) is 14.4. The van der Waals surface area contributed by atoms with Crippen molar-refractivity contribution in [2.75, 3.05) is 33.3 Å². The SMILES string of the molecule is C/C(=C\[C@H](C(C)C)N(C)C(=O)[C@@H](NC(=O)[C@H]1CCCCN1C(C)C)C(C)(C)C)C(=O)N1CCC[C@H]1C(=O)NCCCCCO. The molecule has 0 aromatic carbocycles. The van der Waals surface area contributed by atoms with Crippen molar-refractivity contribution >= 4 is 23.6 Å². The fourth-order valence-corrected chi connectivity index (χ4v) is 6.42. The number of likely N-dealkylation sites (N-methyl/N-ethyl adjacent to an activating group) is 1. The lowest BCUT2D eigenvalue weighted by atomic mass is 9.84. The molecule has 0 bridgehead atoms. The van der Waals surface area contributed by atoms with Gasteiger partial charge in [-0.25, -0.2) is 0 Å². The fraction of sp³-hybridized carbons (Fsp3) is 0.824. The van der Waals surface area contributed by atoms with Crippen LogP contribution in [0.25, 0.3) is 0 Å². The standard InChI is InChI=1S/C34H61N5O5/c1-23(2)28(22-25(5)32(43)39-20-15-17-26(39)30(41)35-18-12-10-14-21-40)37(9)33(44)29(34(6,7)8)36-31(42)27-16-11-13-19-38(27)24(3)4/h22-24,26-29,40H,10-21H2,1-9H3,(H,35,41)(H,36,42)/b25-22+/t26-,27+,28+,29+/m0/s1. The zero-order chi connectivity index (χ0) is 33.2. The summed E-state index contributed by atoms with van der Waals surface area (Å²) in [5, 5.41) is 15.0. The van der Waals surface area contributed by atoms with Crippen LogP contribution in [0.2, 0.25) is 0 Å². The number of aliphatic hydroxyl groups excluding tert-OH is 1. The van der Waals surface area contributed by atoms with Crippen LogP contribution in [0.3, 0.4) is 0 Å². The third kappa shape index (κ3) is 10.3. The molecule has 4 amide bonds. The summed E-state index contributed by atoms with van der Waals surface area (Å²) in [5.41, 5.74) is -0.0278. The van der Waals surface area contributed by atoms with E-state index in [4.69, 9.17) is 5.11 Å². The minimum absolute atomic E-state index is 0.00870. The van der Waals surface area contributed by atoms with Crippen LogP contribution in [0.1, 0.15) is 107 Å². The number of carbonyl (C=O) groups excluding carboxylic acids is 4. The van der Waals surface area contributed by atoms with E-state index in [2.05, 4.69) is 29.4 Å². The van der Waals surface area contributed by atoms with E-state index in [9.17, 15) is 19.2 Å². The zero-order valence-electron chi connectivity index (χ0n) is 28.9. The molecule has 4 atom stereocenters. The Hall–Kier alpha value is -2.46. The molecule has 2 rings (SSSR count). The van der Waals surface area contributed by atoms with Crippen molar-refractivity contribution in [2.24, 2.45) is 11.3 Å². The third-order valence-corrected chi connectivity index (χ3v) is 9.10. The zero-order valence-corrected chi connectivity index (χ0v) is 28.9. The van der Waals surface area contributed by atoms with E-state index < -0.39 is 17.5 Å². The fourth-order valence-electron chi connectivity index (χ4n) is 6.42. The predicted molar refractivity (Wildman–Crippen MR) is 175 cm³/mol. The Balaban J connectivity index is 2.19. The van der Waals surface area contributed by atoms with Crippen LogP contribution in [0, 0.1) is 11.3 Å². The molecular formula is C34H61N5O5. The van der Waals surface area contributed by atoms with E-state index in [1.165, 1.54) is 0 Å². The first-order valence-electron chi connectivity index (χ1n) is 16.8. The average molecular weight is 620 g/mol. The molecule has 10 heteroatoms. The number of amides is 4. The average Bonchev–Trinajstić information content (AvgIpc) is 3.46. The highest BCUT2D eigenvalue weighted by Crippen LogP contribution is 2.27. The van der Waals surface area contributed by atoms with Crippen LogP contribution in [-0.4, -0.2) is 107 Å². The molecule has 0 spiro atoms. The largest absolute Gasteiger partial charge is 0.396 e. The molecule has 2 fully saturated rings. The van der Waals surface area contributed by atoms with Crippen LogP contribution in [0.5, 0.6) is 0 Å². The third-order valence-electron chi connectivity index (χ3n) is 9.10. The van der Waals surface area contributed by atoms with Gasteiger partial charge in [-0.2, -0.15) is 0 Å². The number of unbranched alkanes of at least 4 members (excludes halogenated alkanes) is 2. The number of piperidine rings is 1. The summed E-state index contributed by atoms with van der Waals surface area (Å²) in [6.45, 7) is 17.9. The summed E-state index contributed by atoms with van der Waals surface area (Å²) in [4.78, 5) is 59.7. The molecular weight excluding hydrogens is 558 g/mol. The number of likely N-dealkylation sites (tertiary alicyclic amines) is 2. The molecule has 252 valence electrons. The molecule has 0 unspecified atom stereocenters. The first-order chi connectivity index (χ1) is 20.6. The Bertz CT molecular complexity index is 1000. The van der Waals surface area contributed by atoms with E-state index in [1.807, 2.05) is 40.7 Å². The Labute approximate surface area is 266 Å². The Morgan fingerprint density at radius 2 is 1.59 bits per heavy atom. The second-order valence-electron chi connectivity index (χ2n) is 14.4. The van der Waals surface area contributed by atoms with Crippen molar-refractivity contribution in [3.63, 3.8) is 0 Å². The number of carbonyl (C=O) groups is 4. The summed E-state index contributed by atoms with van der Waals surface area (Å²) in [5.74, 6) is -0.615. The molecule has 0 aromatic rings. The highest BCUT2D eigenvalue weighted by atomic mass is 16.3. The molecule has 44 heavy (non-hydrogen) atoms. The topological polar surface area (TPSA) is 122 Å². The van der Waals surface area contributed by atoms with E-state index in [1.54, 1.807) is 23.8 Å². The Morgan fingerprint density at radius 3 is 2.18 bits per heavy atom. The molecule has 0 aromatic heterocycles. The van der Waals surface area contributed by atoms with Crippen molar-refractivity contribution < 1.29 is 24.3 Å². The van der Waals surface area contributed by atoms with Gasteiger partial charge in [0.15, 0.2) is 0 Å². The van der Waals surface area contributed by atoms with E-state index in [0.29, 0.717) is 31.5 Å². The van der Waals surface area contributed by atoms with Crippen molar-refractivity contribution in [3.05, 3.63) is 11.6 Å². The summed E-state index contributed by atoms with van der Waals surface area (Å²) in [6, 6.07) is -1.63. The maximum atomic E-state index is 14.1.